The number of benzene rings is 2. The van der Waals surface area contributed by atoms with Crippen LogP contribution in [0.2, 0.25) is 0 Å². The second-order valence-electron chi connectivity index (χ2n) is 10.4. The van der Waals surface area contributed by atoms with Crippen molar-refractivity contribution in [1.29, 1.82) is 0 Å². The maximum Gasteiger partial charge on any atom is 0.264 e. The molecule has 0 aliphatic heterocycles. The van der Waals surface area contributed by atoms with Gasteiger partial charge in [-0.15, -0.1) is 0 Å². The summed E-state index contributed by atoms with van der Waals surface area (Å²) in [6.45, 7) is -1.96. The fourth-order valence-electron chi connectivity index (χ4n) is 3.64. The molecule has 0 N–H and O–H groups in total. The Labute approximate surface area is 284 Å². The Morgan fingerprint density at radius 2 is 0.708 bits per heavy atom. The van der Waals surface area contributed by atoms with Gasteiger partial charge in [0.15, 0.2) is 19.7 Å². The van der Waals surface area contributed by atoms with E-state index in [9.17, 15) is 50.5 Å². The minimum atomic E-state index is -3.83. The first-order valence-corrected chi connectivity index (χ1v) is 24.4. The first-order valence-electron chi connectivity index (χ1n) is 13.7. The SMILES string of the molecule is CS(=O)(=O)OCCC(COS(C)(=O)=O)S(=O)(=O)Cc1ccccc1.CS(=O)(=O)OCCC(COS(C)(=O)=O)S(=O)(=O)Cc1ccccc1. The molecule has 276 valence electrons. The van der Waals surface area contributed by atoms with E-state index in [1.54, 1.807) is 60.7 Å². The average Bonchev–Trinajstić information content (AvgIpc) is 2.91. The second-order valence-corrected chi connectivity index (χ2v) is 21.6. The van der Waals surface area contributed by atoms with E-state index in [1.807, 2.05) is 0 Å². The van der Waals surface area contributed by atoms with E-state index in [1.165, 1.54) is 0 Å². The van der Waals surface area contributed by atoms with E-state index in [2.05, 4.69) is 16.7 Å². The average molecular weight is 801 g/mol. The molecule has 0 aromatic heterocycles. The van der Waals surface area contributed by atoms with E-state index in [0.29, 0.717) is 11.1 Å². The van der Waals surface area contributed by atoms with Gasteiger partial charge in [0.25, 0.3) is 40.5 Å². The molecule has 0 heterocycles. The topological polar surface area (TPSA) is 242 Å². The van der Waals surface area contributed by atoms with Crippen LogP contribution in [-0.2, 0) is 88.4 Å². The Hall–Kier alpha value is -2.02. The van der Waals surface area contributed by atoms with Gasteiger partial charge in [-0.25, -0.2) is 16.8 Å². The quantitative estimate of drug-likeness (QED) is 0.167. The highest BCUT2D eigenvalue weighted by molar-refractivity contribution is 7.91. The molecule has 0 amide bonds. The standard InChI is InChI=1S/2C13H20O8S3/c2*1-22(14,15)20-9-8-13(10-21-23(2,16)17)24(18,19)11-12-6-4-3-5-7-12/h2*3-7,13H,8-11H2,1-2H3. The molecule has 0 fully saturated rings. The van der Waals surface area contributed by atoms with E-state index >= 15 is 0 Å². The lowest BCUT2D eigenvalue weighted by Crippen LogP contribution is -2.30. The third kappa shape index (κ3) is 21.1. The number of hydrogen-bond donors (Lipinski definition) is 0. The fraction of sp³-hybridized carbons (Fsp3) is 0.538. The molecule has 22 heteroatoms. The Kier molecular flexibility index (Phi) is 17.3. The zero-order valence-electron chi connectivity index (χ0n) is 26.6. The summed E-state index contributed by atoms with van der Waals surface area (Å²) in [7, 11) is -22.7. The largest absolute Gasteiger partial charge is 0.270 e. The maximum atomic E-state index is 12.5. The van der Waals surface area contributed by atoms with Crippen molar-refractivity contribution in [3.8, 4) is 0 Å². The Morgan fingerprint density at radius 1 is 0.438 bits per heavy atom. The summed E-state index contributed by atoms with van der Waals surface area (Å²) in [5.74, 6) is -0.630. The molecule has 2 aromatic rings. The van der Waals surface area contributed by atoms with Crippen molar-refractivity contribution in [2.45, 2.75) is 34.8 Å². The van der Waals surface area contributed by atoms with Gasteiger partial charge in [0.1, 0.15) is 0 Å². The van der Waals surface area contributed by atoms with Gasteiger partial charge >= 0.3 is 0 Å². The normalized spacial score (nSPS) is 14.4. The lowest BCUT2D eigenvalue weighted by Gasteiger charge is -2.17. The first kappa shape index (κ1) is 44.0. The summed E-state index contributed by atoms with van der Waals surface area (Å²) in [6, 6.07) is 16.7. The second kappa shape index (κ2) is 18.8. The highest BCUT2D eigenvalue weighted by Gasteiger charge is 2.29. The van der Waals surface area contributed by atoms with Crippen molar-refractivity contribution in [2.24, 2.45) is 0 Å². The van der Waals surface area contributed by atoms with Gasteiger partial charge in [-0.3, -0.25) is 16.7 Å². The first-order chi connectivity index (χ1) is 21.8. The Balaban J connectivity index is 0.000000480. The maximum absolute atomic E-state index is 12.5. The van der Waals surface area contributed by atoms with Crippen molar-refractivity contribution in [3.63, 3.8) is 0 Å². The van der Waals surface area contributed by atoms with Crippen molar-refractivity contribution in [2.75, 3.05) is 51.5 Å². The van der Waals surface area contributed by atoms with Crippen LogP contribution in [0.4, 0.5) is 0 Å². The van der Waals surface area contributed by atoms with E-state index in [-0.39, 0.29) is 37.6 Å². The van der Waals surface area contributed by atoms with Gasteiger partial charge in [-0.1, -0.05) is 60.7 Å². The van der Waals surface area contributed by atoms with Crippen LogP contribution in [0.25, 0.3) is 0 Å². The molecule has 0 saturated carbocycles. The van der Waals surface area contributed by atoms with Crippen LogP contribution in [0.15, 0.2) is 60.7 Å². The summed E-state index contributed by atoms with van der Waals surface area (Å²) in [5, 5.41) is -2.43. The molecule has 0 bridgehead atoms. The van der Waals surface area contributed by atoms with Crippen LogP contribution in [-0.4, -0.2) is 112 Å². The monoisotopic (exact) mass is 800 g/mol. The number of hydrogen-bond acceptors (Lipinski definition) is 16. The summed E-state index contributed by atoms with van der Waals surface area (Å²) < 4.78 is 157. The van der Waals surface area contributed by atoms with Crippen LogP contribution >= 0.6 is 0 Å². The number of sulfone groups is 2. The van der Waals surface area contributed by atoms with Crippen molar-refractivity contribution >= 4 is 60.1 Å². The highest BCUT2D eigenvalue weighted by Crippen LogP contribution is 2.17. The summed E-state index contributed by atoms with van der Waals surface area (Å²) in [6.07, 6.45) is 2.87. The third-order valence-electron chi connectivity index (χ3n) is 5.85. The smallest absolute Gasteiger partial charge is 0.264 e. The molecule has 0 aliphatic carbocycles. The van der Waals surface area contributed by atoms with Crippen LogP contribution in [0.5, 0.6) is 0 Å². The van der Waals surface area contributed by atoms with E-state index in [4.69, 9.17) is 0 Å². The lowest BCUT2D eigenvalue weighted by molar-refractivity contribution is 0.274. The molecule has 0 aliphatic rings. The van der Waals surface area contributed by atoms with Gasteiger partial charge in [-0.05, 0) is 24.0 Å². The van der Waals surface area contributed by atoms with Crippen LogP contribution in [0.1, 0.15) is 24.0 Å². The zero-order valence-corrected chi connectivity index (χ0v) is 31.5. The van der Waals surface area contributed by atoms with Crippen molar-refractivity contribution in [3.05, 3.63) is 71.8 Å². The summed E-state index contributed by atoms with van der Waals surface area (Å²) in [5.41, 5.74) is 1.07. The summed E-state index contributed by atoms with van der Waals surface area (Å²) in [4.78, 5) is 0. The zero-order chi connectivity index (χ0) is 36.9. The van der Waals surface area contributed by atoms with Gasteiger partial charge in [0, 0.05) is 0 Å². The highest BCUT2D eigenvalue weighted by atomic mass is 32.2. The van der Waals surface area contributed by atoms with Crippen LogP contribution in [0.3, 0.4) is 0 Å². The molecule has 0 saturated heterocycles. The van der Waals surface area contributed by atoms with Crippen LogP contribution < -0.4 is 0 Å². The van der Waals surface area contributed by atoms with Crippen LogP contribution in [0, 0.1) is 0 Å². The van der Waals surface area contributed by atoms with Crippen molar-refractivity contribution < 1.29 is 67.2 Å². The molecule has 2 unspecified atom stereocenters. The predicted molar refractivity (Wildman–Crippen MR) is 178 cm³/mol. The van der Waals surface area contributed by atoms with Gasteiger partial charge in [0.2, 0.25) is 0 Å². The Morgan fingerprint density at radius 3 is 0.958 bits per heavy atom. The van der Waals surface area contributed by atoms with E-state index in [0.717, 1.165) is 25.0 Å². The molecule has 0 spiro atoms. The molecule has 0 radical (unpaired) electrons. The number of rotatable bonds is 20. The third-order valence-corrected chi connectivity index (χ3v) is 12.4. The van der Waals surface area contributed by atoms with Gasteiger partial charge in [-0.2, -0.15) is 33.7 Å². The minimum absolute atomic E-state index is 0.211. The lowest BCUT2D eigenvalue weighted by atomic mass is 10.2. The van der Waals surface area contributed by atoms with Gasteiger partial charge in [0.05, 0.1) is 73.5 Å². The van der Waals surface area contributed by atoms with Crippen molar-refractivity contribution in [1.82, 2.24) is 0 Å². The molecule has 2 aromatic carbocycles. The van der Waals surface area contributed by atoms with Gasteiger partial charge < -0.3 is 0 Å². The summed E-state index contributed by atoms with van der Waals surface area (Å²) >= 11 is 0. The molecule has 2 rings (SSSR count). The molecule has 16 nitrogen and oxygen atoms in total. The molecule has 48 heavy (non-hydrogen) atoms. The molecular weight excluding hydrogens is 761 g/mol. The molecular formula is C26H40O16S6. The van der Waals surface area contributed by atoms with E-state index < -0.39 is 83.9 Å². The Bertz CT molecular complexity index is 1800. The predicted octanol–water partition coefficient (Wildman–Crippen LogP) is 0.625. The minimum Gasteiger partial charge on any atom is -0.270 e. The fourth-order valence-corrected chi connectivity index (χ4v) is 8.68. The molecule has 2 atom stereocenters.